The van der Waals surface area contributed by atoms with Crippen LogP contribution in [0.1, 0.15) is 54.5 Å². The Bertz CT molecular complexity index is 1120. The van der Waals surface area contributed by atoms with Crippen molar-refractivity contribution in [1.29, 1.82) is 0 Å². The molecule has 34 heavy (non-hydrogen) atoms. The molecule has 3 aromatic carbocycles. The van der Waals surface area contributed by atoms with Crippen molar-refractivity contribution < 1.29 is 19.4 Å². The van der Waals surface area contributed by atoms with Gasteiger partial charge in [-0.3, -0.25) is 4.79 Å². The smallest absolute Gasteiger partial charge is 0.303 e. The summed E-state index contributed by atoms with van der Waals surface area (Å²) in [6.07, 6.45) is 2.30. The summed E-state index contributed by atoms with van der Waals surface area (Å²) in [7, 11) is 0. The molecule has 0 heterocycles. The number of aliphatic carboxylic acids is 1. The molecule has 0 saturated carbocycles. The topological polar surface area (TPSA) is 55.8 Å². The third kappa shape index (κ3) is 6.98. The van der Waals surface area contributed by atoms with Crippen LogP contribution in [0, 0.1) is 6.92 Å². The molecule has 0 radical (unpaired) electrons. The lowest BCUT2D eigenvalue weighted by molar-refractivity contribution is -0.136. The van der Waals surface area contributed by atoms with E-state index >= 15 is 0 Å². The fourth-order valence-corrected chi connectivity index (χ4v) is 3.83. The predicted molar refractivity (Wildman–Crippen MR) is 138 cm³/mol. The zero-order valence-corrected chi connectivity index (χ0v) is 20.3. The van der Waals surface area contributed by atoms with Gasteiger partial charge in [0.2, 0.25) is 0 Å². The molecule has 0 bridgehead atoms. The Labute approximate surface area is 202 Å². The van der Waals surface area contributed by atoms with Crippen molar-refractivity contribution in [3.05, 3.63) is 101 Å². The van der Waals surface area contributed by atoms with E-state index in [2.05, 4.69) is 37.8 Å². The first-order chi connectivity index (χ1) is 16.4. The summed E-state index contributed by atoms with van der Waals surface area (Å²) in [6.45, 7) is 11.0. The van der Waals surface area contributed by atoms with E-state index in [4.69, 9.17) is 14.6 Å². The average molecular weight is 459 g/mol. The van der Waals surface area contributed by atoms with E-state index in [1.807, 2.05) is 56.3 Å². The molecular weight excluding hydrogens is 424 g/mol. The molecule has 0 aromatic heterocycles. The normalized spacial score (nSPS) is 11.6. The highest BCUT2D eigenvalue weighted by Crippen LogP contribution is 2.32. The van der Waals surface area contributed by atoms with Crippen LogP contribution in [0.4, 0.5) is 0 Å². The largest absolute Gasteiger partial charge is 0.493 e. The van der Waals surface area contributed by atoms with Crippen LogP contribution < -0.4 is 9.47 Å². The lowest BCUT2D eigenvalue weighted by Gasteiger charge is -2.20. The zero-order chi connectivity index (χ0) is 24.5. The van der Waals surface area contributed by atoms with E-state index in [9.17, 15) is 4.79 Å². The van der Waals surface area contributed by atoms with E-state index in [1.54, 1.807) is 0 Å². The number of carbonyl (C=O) groups is 1. The molecule has 3 rings (SSSR count). The van der Waals surface area contributed by atoms with Gasteiger partial charge >= 0.3 is 5.97 Å². The lowest BCUT2D eigenvalue weighted by Crippen LogP contribution is -2.16. The van der Waals surface area contributed by atoms with Gasteiger partial charge < -0.3 is 14.6 Å². The van der Waals surface area contributed by atoms with Crippen LogP contribution in [-0.4, -0.2) is 23.8 Å². The van der Waals surface area contributed by atoms with Crippen molar-refractivity contribution >= 4 is 11.5 Å². The number of hydrogen-bond acceptors (Lipinski definition) is 3. The van der Waals surface area contributed by atoms with Crippen LogP contribution in [0.2, 0.25) is 0 Å². The van der Waals surface area contributed by atoms with Gasteiger partial charge in [-0.15, -0.1) is 0 Å². The molecule has 4 nitrogen and oxygen atoms in total. The van der Waals surface area contributed by atoms with Crippen LogP contribution in [-0.2, 0) is 17.6 Å². The summed E-state index contributed by atoms with van der Waals surface area (Å²) in [5.41, 5.74) is 6.38. The monoisotopic (exact) mass is 458 g/mol. The Kier molecular flexibility index (Phi) is 8.92. The van der Waals surface area contributed by atoms with Gasteiger partial charge in [0.25, 0.3) is 0 Å². The number of aryl methyl sites for hydroxylation is 3. The molecule has 0 amide bonds. The number of ether oxygens (including phenoxy) is 2. The van der Waals surface area contributed by atoms with Crippen LogP contribution in [0.25, 0.3) is 5.57 Å². The summed E-state index contributed by atoms with van der Waals surface area (Å²) in [6, 6.07) is 22.3. The minimum Gasteiger partial charge on any atom is -0.493 e. The highest BCUT2D eigenvalue weighted by molar-refractivity contribution is 5.81. The molecule has 178 valence electrons. The van der Waals surface area contributed by atoms with Gasteiger partial charge in [-0.2, -0.15) is 0 Å². The van der Waals surface area contributed by atoms with Crippen molar-refractivity contribution in [3.63, 3.8) is 0 Å². The maximum absolute atomic E-state index is 10.8. The average Bonchev–Trinajstić information content (AvgIpc) is 2.83. The highest BCUT2D eigenvalue weighted by Gasteiger charge is 2.14. The van der Waals surface area contributed by atoms with Crippen molar-refractivity contribution in [2.75, 3.05) is 6.61 Å². The number of carboxylic acid groups (broad SMARTS) is 1. The van der Waals surface area contributed by atoms with E-state index in [0.29, 0.717) is 13.0 Å². The Balaban J connectivity index is 1.61. The molecular formula is C30H34O4. The molecule has 0 saturated heterocycles. The van der Waals surface area contributed by atoms with Gasteiger partial charge in [-0.1, -0.05) is 56.0 Å². The van der Waals surface area contributed by atoms with Gasteiger partial charge in [0.05, 0.1) is 12.7 Å². The van der Waals surface area contributed by atoms with Crippen LogP contribution in [0.3, 0.4) is 0 Å². The predicted octanol–water partition coefficient (Wildman–Crippen LogP) is 6.87. The zero-order valence-electron chi connectivity index (χ0n) is 20.3. The second kappa shape index (κ2) is 12.1. The van der Waals surface area contributed by atoms with Crippen LogP contribution in [0.15, 0.2) is 73.3 Å². The minimum atomic E-state index is -0.784. The Morgan fingerprint density at radius 1 is 1.06 bits per heavy atom. The van der Waals surface area contributed by atoms with Gasteiger partial charge in [-0.25, -0.2) is 0 Å². The van der Waals surface area contributed by atoms with Gasteiger partial charge in [0, 0.05) is 18.4 Å². The van der Waals surface area contributed by atoms with Crippen LogP contribution >= 0.6 is 0 Å². The molecule has 0 aliphatic carbocycles. The summed E-state index contributed by atoms with van der Waals surface area (Å²) >= 11 is 0. The first kappa shape index (κ1) is 25.1. The second-order valence-electron chi connectivity index (χ2n) is 8.58. The fourth-order valence-electron chi connectivity index (χ4n) is 3.83. The van der Waals surface area contributed by atoms with Crippen molar-refractivity contribution in [1.82, 2.24) is 0 Å². The van der Waals surface area contributed by atoms with Crippen molar-refractivity contribution in [2.24, 2.45) is 0 Å². The lowest BCUT2D eigenvalue weighted by atomic mass is 9.96. The third-order valence-corrected chi connectivity index (χ3v) is 5.94. The molecule has 1 unspecified atom stereocenters. The van der Waals surface area contributed by atoms with Gasteiger partial charge in [0.1, 0.15) is 11.5 Å². The minimum absolute atomic E-state index is 0.0364. The fraction of sp³-hybridized carbons (Fsp3) is 0.300. The SMILES string of the molecule is C=C(c1ccccc1)c1cc(CC)ccc1OC(C)CCOc1ccc(CCC(=O)O)c(C)c1. The maximum atomic E-state index is 10.8. The first-order valence-electron chi connectivity index (χ1n) is 11.9. The highest BCUT2D eigenvalue weighted by atomic mass is 16.5. The van der Waals surface area contributed by atoms with E-state index in [1.165, 1.54) is 5.56 Å². The second-order valence-corrected chi connectivity index (χ2v) is 8.58. The summed E-state index contributed by atoms with van der Waals surface area (Å²) in [5, 5.41) is 8.88. The molecule has 3 aromatic rings. The molecule has 4 heteroatoms. The van der Waals surface area contributed by atoms with E-state index in [-0.39, 0.29) is 12.5 Å². The summed E-state index contributed by atoms with van der Waals surface area (Å²) < 4.78 is 12.3. The molecule has 0 aliphatic rings. The van der Waals surface area contributed by atoms with E-state index < -0.39 is 5.97 Å². The van der Waals surface area contributed by atoms with Gasteiger partial charge in [0.15, 0.2) is 0 Å². The standard InChI is InChI=1S/C30H34O4/c1-5-24-11-15-29(28(20-24)23(4)26-9-7-6-8-10-26)34-22(3)17-18-33-27-14-12-25(21(2)19-27)13-16-30(31)32/h6-12,14-15,19-20,22H,4-5,13,16-18H2,1-3H3,(H,31,32). The van der Waals surface area contributed by atoms with Crippen LogP contribution in [0.5, 0.6) is 11.5 Å². The van der Waals surface area contributed by atoms with Crippen molar-refractivity contribution in [3.8, 4) is 11.5 Å². The summed E-state index contributed by atoms with van der Waals surface area (Å²) in [5.74, 6) is 0.833. The van der Waals surface area contributed by atoms with Gasteiger partial charge in [-0.05, 0) is 78.8 Å². The van der Waals surface area contributed by atoms with Crippen molar-refractivity contribution in [2.45, 2.75) is 52.6 Å². The molecule has 1 N–H and O–H groups in total. The Hall–Kier alpha value is -3.53. The molecule has 1 atom stereocenters. The Morgan fingerprint density at radius 2 is 1.82 bits per heavy atom. The first-order valence-corrected chi connectivity index (χ1v) is 11.9. The maximum Gasteiger partial charge on any atom is 0.303 e. The number of rotatable bonds is 12. The molecule has 0 spiro atoms. The molecule has 0 aliphatic heterocycles. The number of carboxylic acids is 1. The molecule has 0 fully saturated rings. The number of benzene rings is 3. The van der Waals surface area contributed by atoms with E-state index in [0.717, 1.165) is 52.2 Å². The number of hydrogen-bond donors (Lipinski definition) is 1. The third-order valence-electron chi connectivity index (χ3n) is 5.94. The quantitative estimate of drug-likeness (QED) is 0.322. The Morgan fingerprint density at radius 3 is 2.50 bits per heavy atom. The summed E-state index contributed by atoms with van der Waals surface area (Å²) in [4.78, 5) is 10.8.